The van der Waals surface area contributed by atoms with Gasteiger partial charge in [0.2, 0.25) is 0 Å². The van der Waals surface area contributed by atoms with Crippen molar-refractivity contribution in [2.75, 3.05) is 0 Å². The molecule has 0 saturated carbocycles. The third-order valence-corrected chi connectivity index (χ3v) is 3.95. The van der Waals surface area contributed by atoms with Gasteiger partial charge in [0, 0.05) is 10.8 Å². The van der Waals surface area contributed by atoms with E-state index in [0.29, 0.717) is 12.1 Å². The molecule has 21 heavy (non-hydrogen) atoms. The molecule has 0 aliphatic heterocycles. The van der Waals surface area contributed by atoms with Crippen LogP contribution in [0, 0.1) is 0 Å². The first-order valence-electron chi connectivity index (χ1n) is 6.83. The Bertz CT molecular complexity index is 602. The average Bonchev–Trinajstić information content (AvgIpc) is 2.94. The van der Waals surface area contributed by atoms with Crippen molar-refractivity contribution in [1.82, 2.24) is 10.3 Å². The minimum absolute atomic E-state index is 0.00229. The van der Waals surface area contributed by atoms with Gasteiger partial charge >= 0.3 is 0 Å². The van der Waals surface area contributed by atoms with Gasteiger partial charge < -0.3 is 10.4 Å². The number of hydrogen-bond donors (Lipinski definition) is 2. The third-order valence-electron chi connectivity index (χ3n) is 3.10. The second-order valence-corrected chi connectivity index (χ2v) is 6.85. The molecule has 1 unspecified atom stereocenters. The lowest BCUT2D eigenvalue weighted by Crippen LogP contribution is -2.28. The molecule has 1 aromatic carbocycles. The molecule has 1 amide bonds. The summed E-state index contributed by atoms with van der Waals surface area (Å²) >= 11 is 1.52. The standard InChI is InChI=1S/C16H20N2O2S/c1-16(2,3)12-10-21-13(18-12)9-17-15(20)14(19)11-7-5-4-6-8-11/h4-8,10,14,19H,9H2,1-3H3,(H,17,20). The van der Waals surface area contributed by atoms with Gasteiger partial charge in [-0.15, -0.1) is 11.3 Å². The summed E-state index contributed by atoms with van der Waals surface area (Å²) in [7, 11) is 0. The van der Waals surface area contributed by atoms with Crippen molar-refractivity contribution in [3.8, 4) is 0 Å². The highest BCUT2D eigenvalue weighted by Crippen LogP contribution is 2.23. The molecule has 1 aromatic heterocycles. The molecule has 5 heteroatoms. The maximum atomic E-state index is 11.9. The minimum Gasteiger partial charge on any atom is -0.378 e. The highest BCUT2D eigenvalue weighted by Gasteiger charge is 2.19. The third kappa shape index (κ3) is 4.12. The number of nitrogens with one attached hydrogen (secondary N) is 1. The summed E-state index contributed by atoms with van der Waals surface area (Å²) in [5.41, 5.74) is 1.60. The summed E-state index contributed by atoms with van der Waals surface area (Å²) in [6, 6.07) is 8.89. The van der Waals surface area contributed by atoms with E-state index in [1.165, 1.54) is 11.3 Å². The van der Waals surface area contributed by atoms with Crippen molar-refractivity contribution in [2.24, 2.45) is 0 Å². The summed E-state index contributed by atoms with van der Waals surface area (Å²) in [6.07, 6.45) is -1.15. The van der Waals surface area contributed by atoms with Crippen molar-refractivity contribution in [2.45, 2.75) is 38.8 Å². The number of amides is 1. The van der Waals surface area contributed by atoms with E-state index in [2.05, 4.69) is 31.1 Å². The smallest absolute Gasteiger partial charge is 0.253 e. The topological polar surface area (TPSA) is 62.2 Å². The second-order valence-electron chi connectivity index (χ2n) is 5.91. The van der Waals surface area contributed by atoms with Crippen molar-refractivity contribution < 1.29 is 9.90 Å². The molecule has 1 atom stereocenters. The molecule has 0 bridgehead atoms. The van der Waals surface area contributed by atoms with Gasteiger partial charge in [0.15, 0.2) is 6.10 Å². The number of thiazole rings is 1. The second kappa shape index (κ2) is 6.37. The molecule has 0 spiro atoms. The van der Waals surface area contributed by atoms with E-state index >= 15 is 0 Å². The van der Waals surface area contributed by atoms with Gasteiger partial charge in [0.1, 0.15) is 5.01 Å². The van der Waals surface area contributed by atoms with Crippen LogP contribution < -0.4 is 5.32 Å². The molecular weight excluding hydrogens is 284 g/mol. The number of aliphatic hydroxyl groups is 1. The summed E-state index contributed by atoms with van der Waals surface area (Å²) in [6.45, 7) is 6.64. The van der Waals surface area contributed by atoms with Crippen LogP contribution in [0.3, 0.4) is 0 Å². The first-order valence-corrected chi connectivity index (χ1v) is 7.71. The van der Waals surface area contributed by atoms with E-state index in [1.807, 2.05) is 11.4 Å². The van der Waals surface area contributed by atoms with Gasteiger partial charge in [0.05, 0.1) is 12.2 Å². The van der Waals surface area contributed by atoms with Crippen molar-refractivity contribution in [3.63, 3.8) is 0 Å². The zero-order valence-electron chi connectivity index (χ0n) is 12.5. The summed E-state index contributed by atoms with van der Waals surface area (Å²) < 4.78 is 0. The number of benzene rings is 1. The Labute approximate surface area is 128 Å². The van der Waals surface area contributed by atoms with E-state index < -0.39 is 12.0 Å². The monoisotopic (exact) mass is 304 g/mol. The van der Waals surface area contributed by atoms with Gasteiger partial charge in [-0.3, -0.25) is 4.79 Å². The van der Waals surface area contributed by atoms with E-state index in [1.54, 1.807) is 24.3 Å². The Morgan fingerprint density at radius 1 is 1.33 bits per heavy atom. The Balaban J connectivity index is 1.94. The van der Waals surface area contributed by atoms with Crippen molar-refractivity contribution in [1.29, 1.82) is 0 Å². The first kappa shape index (κ1) is 15.7. The van der Waals surface area contributed by atoms with Crippen LogP contribution in [0.4, 0.5) is 0 Å². The average molecular weight is 304 g/mol. The predicted octanol–water partition coefficient (Wildman–Crippen LogP) is 2.79. The van der Waals surface area contributed by atoms with Crippen LogP contribution in [0.5, 0.6) is 0 Å². The van der Waals surface area contributed by atoms with Crippen LogP contribution >= 0.6 is 11.3 Å². The van der Waals surface area contributed by atoms with Crippen LogP contribution in [0.2, 0.25) is 0 Å². The fraction of sp³-hybridized carbons (Fsp3) is 0.375. The molecule has 2 N–H and O–H groups in total. The fourth-order valence-electron chi connectivity index (χ4n) is 1.78. The first-order chi connectivity index (χ1) is 9.88. The largest absolute Gasteiger partial charge is 0.378 e. The summed E-state index contributed by atoms with van der Waals surface area (Å²) in [5, 5.41) is 15.5. The Morgan fingerprint density at radius 2 is 2.00 bits per heavy atom. The molecule has 0 radical (unpaired) electrons. The van der Waals surface area contributed by atoms with E-state index in [9.17, 15) is 9.90 Å². The lowest BCUT2D eigenvalue weighted by Gasteiger charge is -2.14. The zero-order valence-corrected chi connectivity index (χ0v) is 13.3. The lowest BCUT2D eigenvalue weighted by atomic mass is 9.93. The number of rotatable bonds is 4. The molecule has 0 aliphatic carbocycles. The fourth-order valence-corrected chi connectivity index (χ4v) is 2.74. The highest BCUT2D eigenvalue weighted by atomic mass is 32.1. The molecule has 2 rings (SSSR count). The summed E-state index contributed by atoms with van der Waals surface area (Å²) in [5.74, 6) is -0.409. The van der Waals surface area contributed by atoms with Gasteiger partial charge in [-0.2, -0.15) is 0 Å². The van der Waals surface area contributed by atoms with Crippen LogP contribution in [-0.4, -0.2) is 16.0 Å². The molecule has 0 aliphatic rings. The quantitative estimate of drug-likeness (QED) is 0.913. The number of nitrogens with zero attached hydrogens (tertiary/aromatic N) is 1. The van der Waals surface area contributed by atoms with Crippen LogP contribution in [0.1, 0.15) is 43.1 Å². The molecular formula is C16H20N2O2S. The zero-order chi connectivity index (χ0) is 15.5. The van der Waals surface area contributed by atoms with Gasteiger partial charge in [0.25, 0.3) is 5.91 Å². The van der Waals surface area contributed by atoms with Gasteiger partial charge in [-0.1, -0.05) is 51.1 Å². The molecule has 112 valence electrons. The van der Waals surface area contributed by atoms with E-state index in [0.717, 1.165) is 10.7 Å². The number of hydrogen-bond acceptors (Lipinski definition) is 4. The number of aliphatic hydroxyl groups excluding tert-OH is 1. The summed E-state index contributed by atoms with van der Waals surface area (Å²) in [4.78, 5) is 16.4. The SMILES string of the molecule is CC(C)(C)c1csc(CNC(=O)C(O)c2ccccc2)n1. The van der Waals surface area contributed by atoms with Crippen LogP contribution in [0.25, 0.3) is 0 Å². The van der Waals surface area contributed by atoms with E-state index in [4.69, 9.17) is 0 Å². The number of carbonyl (C=O) groups is 1. The van der Waals surface area contributed by atoms with Crippen molar-refractivity contribution in [3.05, 3.63) is 52.0 Å². The molecule has 2 aromatic rings. The number of carbonyl (C=O) groups excluding carboxylic acids is 1. The minimum atomic E-state index is -1.15. The Morgan fingerprint density at radius 3 is 2.57 bits per heavy atom. The maximum Gasteiger partial charge on any atom is 0.253 e. The predicted molar refractivity (Wildman–Crippen MR) is 84.1 cm³/mol. The normalized spacial score (nSPS) is 13.0. The maximum absolute atomic E-state index is 11.9. The highest BCUT2D eigenvalue weighted by molar-refractivity contribution is 7.09. The molecule has 0 saturated heterocycles. The number of aromatic nitrogens is 1. The van der Waals surface area contributed by atoms with E-state index in [-0.39, 0.29) is 5.41 Å². The van der Waals surface area contributed by atoms with Crippen molar-refractivity contribution >= 4 is 17.2 Å². The van der Waals surface area contributed by atoms with Crippen LogP contribution in [-0.2, 0) is 16.8 Å². The lowest BCUT2D eigenvalue weighted by molar-refractivity contribution is -0.129. The van der Waals surface area contributed by atoms with Crippen LogP contribution in [0.15, 0.2) is 35.7 Å². The van der Waals surface area contributed by atoms with Gasteiger partial charge in [-0.25, -0.2) is 4.98 Å². The molecule has 4 nitrogen and oxygen atoms in total. The molecule has 0 fully saturated rings. The molecule has 1 heterocycles. The Hall–Kier alpha value is -1.72. The Kier molecular flexibility index (Phi) is 4.75. The van der Waals surface area contributed by atoms with Gasteiger partial charge in [-0.05, 0) is 5.56 Å².